The number of rotatable bonds is 6. The van der Waals surface area contributed by atoms with Gasteiger partial charge in [0.15, 0.2) is 6.29 Å². The zero-order valence-corrected chi connectivity index (χ0v) is 7.72. The lowest BCUT2D eigenvalue weighted by Gasteiger charge is -2.11. The molecule has 3 heteroatoms. The fraction of sp³-hybridized carbons (Fsp3) is 1.00. The maximum atomic E-state index is 5.01. The fourth-order valence-electron chi connectivity index (χ4n) is 0.768. The van der Waals surface area contributed by atoms with Crippen molar-refractivity contribution in [2.75, 3.05) is 14.2 Å². The third-order valence-corrected chi connectivity index (χ3v) is 1.75. The number of hydrogen-bond donors (Lipinski definition) is 0. The Bertz CT molecular complexity index is 64.6. The molecule has 3 radical (unpaired) electrons. The third kappa shape index (κ3) is 4.96. The first-order chi connectivity index (χ1) is 4.85. The van der Waals surface area contributed by atoms with Gasteiger partial charge < -0.3 is 9.47 Å². The molecule has 0 aromatic heterocycles. The van der Waals surface area contributed by atoms with Gasteiger partial charge in [-0.25, -0.2) is 0 Å². The van der Waals surface area contributed by atoms with Crippen molar-refractivity contribution in [1.29, 1.82) is 0 Å². The fourth-order valence-corrected chi connectivity index (χ4v) is 1.02. The van der Waals surface area contributed by atoms with Crippen LogP contribution in [0.4, 0.5) is 0 Å². The maximum absolute atomic E-state index is 5.01. The standard InChI is InChI=1S/C7H15O2Si/c1-8-7(9-2)5-3-4-6-10/h7H,3-6H2,1-2H3. The van der Waals surface area contributed by atoms with Crippen LogP contribution in [0.3, 0.4) is 0 Å². The Morgan fingerprint density at radius 3 is 2.20 bits per heavy atom. The lowest BCUT2D eigenvalue weighted by molar-refractivity contribution is -0.107. The summed E-state index contributed by atoms with van der Waals surface area (Å²) in [5, 5.41) is 0. The van der Waals surface area contributed by atoms with Crippen LogP contribution in [0.15, 0.2) is 0 Å². The van der Waals surface area contributed by atoms with Gasteiger partial charge in [0.1, 0.15) is 0 Å². The monoisotopic (exact) mass is 159 g/mol. The number of methoxy groups -OCH3 is 2. The molecule has 10 heavy (non-hydrogen) atoms. The largest absolute Gasteiger partial charge is 0.356 e. The van der Waals surface area contributed by atoms with Crippen LogP contribution < -0.4 is 0 Å². The summed E-state index contributed by atoms with van der Waals surface area (Å²) in [4.78, 5) is 0. The molecule has 0 unspecified atom stereocenters. The first kappa shape index (κ1) is 10.1. The average molecular weight is 159 g/mol. The molecule has 0 heterocycles. The summed E-state index contributed by atoms with van der Waals surface area (Å²) in [6, 6.07) is 1.06. The minimum absolute atomic E-state index is 0.0155. The molecule has 0 aromatic rings. The first-order valence-corrected chi connectivity index (χ1v) is 4.26. The predicted octanol–water partition coefficient (Wildman–Crippen LogP) is 1.36. The van der Waals surface area contributed by atoms with E-state index in [1.165, 1.54) is 6.42 Å². The number of unbranched alkanes of at least 4 members (excludes halogenated alkanes) is 1. The second-order valence-electron chi connectivity index (χ2n) is 2.15. The van der Waals surface area contributed by atoms with Gasteiger partial charge in [0.2, 0.25) is 0 Å². The summed E-state index contributed by atoms with van der Waals surface area (Å²) in [6.07, 6.45) is 3.30. The predicted molar refractivity (Wildman–Crippen MR) is 42.2 cm³/mol. The van der Waals surface area contributed by atoms with E-state index in [9.17, 15) is 0 Å². The van der Waals surface area contributed by atoms with E-state index in [0.29, 0.717) is 0 Å². The van der Waals surface area contributed by atoms with E-state index in [1.54, 1.807) is 14.2 Å². The molecule has 0 aliphatic carbocycles. The van der Waals surface area contributed by atoms with E-state index in [2.05, 4.69) is 10.2 Å². The van der Waals surface area contributed by atoms with Crippen molar-refractivity contribution in [3.8, 4) is 0 Å². The molecule has 0 saturated heterocycles. The molecule has 0 N–H and O–H groups in total. The van der Waals surface area contributed by atoms with Crippen molar-refractivity contribution in [2.45, 2.75) is 31.6 Å². The highest BCUT2D eigenvalue weighted by Gasteiger charge is 2.02. The molecular weight excluding hydrogens is 144 g/mol. The van der Waals surface area contributed by atoms with Crippen molar-refractivity contribution >= 4 is 10.2 Å². The first-order valence-electron chi connectivity index (χ1n) is 3.55. The Labute approximate surface area is 66.3 Å². The van der Waals surface area contributed by atoms with Crippen LogP contribution in [0, 0.1) is 0 Å². The highest BCUT2D eigenvalue weighted by atomic mass is 28.1. The van der Waals surface area contributed by atoms with Gasteiger partial charge in [-0.3, -0.25) is 0 Å². The minimum Gasteiger partial charge on any atom is -0.356 e. The Morgan fingerprint density at radius 2 is 1.80 bits per heavy atom. The van der Waals surface area contributed by atoms with Crippen LogP contribution in [0.1, 0.15) is 19.3 Å². The number of hydrogen-bond acceptors (Lipinski definition) is 2. The number of ether oxygens (including phenoxy) is 2. The minimum atomic E-state index is -0.0155. The molecule has 0 bridgehead atoms. The second-order valence-corrected chi connectivity index (χ2v) is 2.65. The van der Waals surface area contributed by atoms with E-state index < -0.39 is 0 Å². The topological polar surface area (TPSA) is 18.5 Å². The van der Waals surface area contributed by atoms with Crippen molar-refractivity contribution in [3.63, 3.8) is 0 Å². The van der Waals surface area contributed by atoms with Crippen LogP contribution in [-0.2, 0) is 9.47 Å². The van der Waals surface area contributed by atoms with Crippen LogP contribution in [-0.4, -0.2) is 30.8 Å². The quantitative estimate of drug-likeness (QED) is 0.331. The molecule has 0 aliphatic heterocycles. The Balaban J connectivity index is 3.09. The van der Waals surface area contributed by atoms with Gasteiger partial charge in [-0.05, 0) is 12.8 Å². The van der Waals surface area contributed by atoms with Gasteiger partial charge in [0.25, 0.3) is 0 Å². The molecule has 0 rings (SSSR count). The van der Waals surface area contributed by atoms with Gasteiger partial charge in [-0.1, -0.05) is 12.5 Å². The molecule has 0 spiro atoms. The molecule has 0 fully saturated rings. The summed E-state index contributed by atoms with van der Waals surface area (Å²) < 4.78 is 10.0. The van der Waals surface area contributed by atoms with Gasteiger partial charge in [0.05, 0.1) is 0 Å². The lowest BCUT2D eigenvalue weighted by Crippen LogP contribution is -2.12. The Hall–Kier alpha value is 0.137. The van der Waals surface area contributed by atoms with E-state index in [-0.39, 0.29) is 6.29 Å². The molecule has 59 valence electrons. The van der Waals surface area contributed by atoms with Gasteiger partial charge in [-0.15, -0.1) is 0 Å². The lowest BCUT2D eigenvalue weighted by atomic mass is 10.2. The van der Waals surface area contributed by atoms with Gasteiger partial charge >= 0.3 is 0 Å². The second kappa shape index (κ2) is 7.25. The van der Waals surface area contributed by atoms with Crippen LogP contribution >= 0.6 is 0 Å². The molecule has 0 aliphatic rings. The van der Waals surface area contributed by atoms with Crippen LogP contribution in [0.5, 0.6) is 0 Å². The molecule has 0 atom stereocenters. The smallest absolute Gasteiger partial charge is 0.156 e. The molecule has 0 aromatic carbocycles. The van der Waals surface area contributed by atoms with Crippen molar-refractivity contribution < 1.29 is 9.47 Å². The van der Waals surface area contributed by atoms with Gasteiger partial charge in [0, 0.05) is 24.5 Å². The van der Waals surface area contributed by atoms with Gasteiger partial charge in [-0.2, -0.15) is 0 Å². The average Bonchev–Trinajstić information content (AvgIpc) is 1.99. The van der Waals surface area contributed by atoms with E-state index in [0.717, 1.165) is 18.9 Å². The van der Waals surface area contributed by atoms with E-state index in [4.69, 9.17) is 9.47 Å². The molecule has 2 nitrogen and oxygen atoms in total. The summed E-state index contributed by atoms with van der Waals surface area (Å²) >= 11 is 0. The Kier molecular flexibility index (Phi) is 7.35. The zero-order chi connectivity index (χ0) is 7.82. The third-order valence-electron chi connectivity index (χ3n) is 1.39. The van der Waals surface area contributed by atoms with Crippen molar-refractivity contribution in [3.05, 3.63) is 0 Å². The van der Waals surface area contributed by atoms with E-state index in [1.807, 2.05) is 0 Å². The highest BCUT2D eigenvalue weighted by Crippen LogP contribution is 2.05. The summed E-state index contributed by atoms with van der Waals surface area (Å²) in [5.41, 5.74) is 0. The molecular formula is C7H15O2Si. The highest BCUT2D eigenvalue weighted by molar-refractivity contribution is 6.08. The molecule has 0 amide bonds. The van der Waals surface area contributed by atoms with E-state index >= 15 is 0 Å². The zero-order valence-electron chi connectivity index (χ0n) is 6.72. The maximum Gasteiger partial charge on any atom is 0.156 e. The summed E-state index contributed by atoms with van der Waals surface area (Å²) in [5.74, 6) is 0. The SMILES string of the molecule is COC(CCCC[Si])OC. The van der Waals surface area contributed by atoms with Crippen molar-refractivity contribution in [2.24, 2.45) is 0 Å². The molecule has 0 saturated carbocycles. The van der Waals surface area contributed by atoms with Crippen LogP contribution in [0.2, 0.25) is 6.04 Å². The Morgan fingerprint density at radius 1 is 1.20 bits per heavy atom. The normalized spacial score (nSPS) is 10.8. The summed E-state index contributed by atoms with van der Waals surface area (Å²) in [6.45, 7) is 0. The van der Waals surface area contributed by atoms with Crippen molar-refractivity contribution in [1.82, 2.24) is 0 Å². The van der Waals surface area contributed by atoms with Crippen LogP contribution in [0.25, 0.3) is 0 Å². The summed E-state index contributed by atoms with van der Waals surface area (Å²) in [7, 11) is 6.74.